The molecule has 0 fully saturated rings. The minimum absolute atomic E-state index is 0.540. The van der Waals surface area contributed by atoms with E-state index in [-0.39, 0.29) is 0 Å². The Kier molecular flexibility index (Phi) is 2.99. The average molecular weight is 265 g/mol. The van der Waals surface area contributed by atoms with Crippen LogP contribution >= 0.6 is 0 Å². The largest absolute Gasteiger partial charge is 0.399 e. The molecule has 20 heavy (non-hydrogen) atoms. The van der Waals surface area contributed by atoms with Gasteiger partial charge in [0.05, 0.1) is 0 Å². The molecule has 0 aliphatic carbocycles. The van der Waals surface area contributed by atoms with Crippen LogP contribution in [-0.2, 0) is 0 Å². The molecule has 0 bridgehead atoms. The predicted molar refractivity (Wildman–Crippen MR) is 79.1 cm³/mol. The zero-order chi connectivity index (χ0) is 14.1. The summed E-state index contributed by atoms with van der Waals surface area (Å²) in [6.45, 7) is 4.07. The fraction of sp³-hybridized carbons (Fsp3) is 0.125. The molecule has 0 spiro atoms. The smallest absolute Gasteiger partial charge is 0.258 e. The number of hydrogen-bond donors (Lipinski definition) is 1. The average Bonchev–Trinajstić information content (AvgIpc) is 2.88. The number of hydrogen-bond acceptors (Lipinski definition) is 4. The van der Waals surface area contributed by atoms with E-state index in [1.165, 1.54) is 0 Å². The lowest BCUT2D eigenvalue weighted by Crippen LogP contribution is -1.89. The van der Waals surface area contributed by atoms with Crippen molar-refractivity contribution in [1.82, 2.24) is 10.1 Å². The summed E-state index contributed by atoms with van der Waals surface area (Å²) >= 11 is 0. The topological polar surface area (TPSA) is 64.9 Å². The summed E-state index contributed by atoms with van der Waals surface area (Å²) < 4.78 is 5.40. The SMILES string of the molecule is Cc1cccc(C)c1-c1nc(-c2cccc(N)c2)no1. The number of benzene rings is 2. The van der Waals surface area contributed by atoms with Crippen LogP contribution in [0.15, 0.2) is 47.0 Å². The standard InChI is InChI=1S/C16H15N3O/c1-10-5-3-6-11(2)14(10)16-18-15(19-20-16)12-7-4-8-13(17)9-12/h3-9H,17H2,1-2H3. The van der Waals surface area contributed by atoms with Crippen molar-refractivity contribution >= 4 is 5.69 Å². The highest BCUT2D eigenvalue weighted by Crippen LogP contribution is 2.28. The number of nitrogens with two attached hydrogens (primary N) is 1. The van der Waals surface area contributed by atoms with E-state index in [1.54, 1.807) is 0 Å². The molecule has 4 nitrogen and oxygen atoms in total. The minimum Gasteiger partial charge on any atom is -0.399 e. The summed E-state index contributed by atoms with van der Waals surface area (Å²) in [6.07, 6.45) is 0. The first-order valence-electron chi connectivity index (χ1n) is 6.41. The molecule has 1 aromatic heterocycles. The molecule has 100 valence electrons. The van der Waals surface area contributed by atoms with E-state index in [9.17, 15) is 0 Å². The van der Waals surface area contributed by atoms with Gasteiger partial charge in [-0.3, -0.25) is 0 Å². The third-order valence-corrected chi connectivity index (χ3v) is 3.27. The monoisotopic (exact) mass is 265 g/mol. The summed E-state index contributed by atoms with van der Waals surface area (Å²) in [6, 6.07) is 13.5. The molecule has 4 heteroatoms. The van der Waals surface area contributed by atoms with Crippen LogP contribution in [0.3, 0.4) is 0 Å². The Morgan fingerprint density at radius 1 is 1.00 bits per heavy atom. The van der Waals surface area contributed by atoms with Gasteiger partial charge in [-0.1, -0.05) is 35.5 Å². The van der Waals surface area contributed by atoms with Gasteiger partial charge in [0, 0.05) is 16.8 Å². The maximum absolute atomic E-state index is 5.78. The zero-order valence-corrected chi connectivity index (χ0v) is 11.4. The fourth-order valence-corrected chi connectivity index (χ4v) is 2.27. The van der Waals surface area contributed by atoms with E-state index in [4.69, 9.17) is 10.3 Å². The molecule has 0 saturated carbocycles. The van der Waals surface area contributed by atoms with Crippen molar-refractivity contribution in [3.63, 3.8) is 0 Å². The maximum atomic E-state index is 5.78. The Bertz CT molecular complexity index is 742. The highest BCUT2D eigenvalue weighted by Gasteiger charge is 2.14. The van der Waals surface area contributed by atoms with Crippen molar-refractivity contribution in [2.45, 2.75) is 13.8 Å². The van der Waals surface area contributed by atoms with Crippen molar-refractivity contribution in [2.24, 2.45) is 0 Å². The number of anilines is 1. The zero-order valence-electron chi connectivity index (χ0n) is 11.4. The van der Waals surface area contributed by atoms with E-state index in [0.717, 1.165) is 22.3 Å². The molecule has 2 aromatic carbocycles. The Balaban J connectivity index is 2.07. The van der Waals surface area contributed by atoms with Crippen LogP contribution in [-0.4, -0.2) is 10.1 Å². The first-order chi connectivity index (χ1) is 9.65. The summed E-state index contributed by atoms with van der Waals surface area (Å²) in [4.78, 5) is 4.48. The second-order valence-electron chi connectivity index (χ2n) is 4.82. The fourth-order valence-electron chi connectivity index (χ4n) is 2.27. The molecular formula is C16H15N3O. The highest BCUT2D eigenvalue weighted by molar-refractivity contribution is 5.66. The molecule has 0 aliphatic heterocycles. The van der Waals surface area contributed by atoms with Gasteiger partial charge in [-0.15, -0.1) is 0 Å². The first kappa shape index (κ1) is 12.4. The van der Waals surface area contributed by atoms with Gasteiger partial charge in [-0.25, -0.2) is 0 Å². The van der Waals surface area contributed by atoms with Gasteiger partial charge in [0.15, 0.2) is 0 Å². The lowest BCUT2D eigenvalue weighted by Gasteiger charge is -2.03. The lowest BCUT2D eigenvalue weighted by atomic mass is 10.0. The first-order valence-corrected chi connectivity index (χ1v) is 6.41. The maximum Gasteiger partial charge on any atom is 0.258 e. The number of aromatic nitrogens is 2. The van der Waals surface area contributed by atoms with Crippen molar-refractivity contribution < 1.29 is 4.52 Å². The Hall–Kier alpha value is -2.62. The van der Waals surface area contributed by atoms with Gasteiger partial charge < -0.3 is 10.3 Å². The third kappa shape index (κ3) is 2.16. The van der Waals surface area contributed by atoms with Crippen LogP contribution in [0, 0.1) is 13.8 Å². The summed E-state index contributed by atoms with van der Waals surface area (Å²) in [5.74, 6) is 1.09. The van der Waals surface area contributed by atoms with E-state index in [2.05, 4.69) is 10.1 Å². The number of nitrogen functional groups attached to an aromatic ring is 1. The van der Waals surface area contributed by atoms with Gasteiger partial charge >= 0.3 is 0 Å². The van der Waals surface area contributed by atoms with Gasteiger partial charge in [0.1, 0.15) is 0 Å². The molecule has 0 saturated heterocycles. The van der Waals surface area contributed by atoms with Gasteiger partial charge in [-0.05, 0) is 37.1 Å². The van der Waals surface area contributed by atoms with Crippen LogP contribution in [0.2, 0.25) is 0 Å². The Morgan fingerprint density at radius 2 is 1.70 bits per heavy atom. The van der Waals surface area contributed by atoms with Crippen LogP contribution < -0.4 is 5.73 Å². The number of aryl methyl sites for hydroxylation is 2. The highest BCUT2D eigenvalue weighted by atomic mass is 16.5. The van der Waals surface area contributed by atoms with E-state index < -0.39 is 0 Å². The molecule has 1 heterocycles. The Labute approximate surface area is 117 Å². The summed E-state index contributed by atoms with van der Waals surface area (Å²) in [5, 5.41) is 4.04. The van der Waals surface area contributed by atoms with Crippen LogP contribution in [0.1, 0.15) is 11.1 Å². The lowest BCUT2D eigenvalue weighted by molar-refractivity contribution is 0.432. The van der Waals surface area contributed by atoms with Crippen molar-refractivity contribution in [1.29, 1.82) is 0 Å². The molecule has 0 amide bonds. The van der Waals surface area contributed by atoms with Crippen molar-refractivity contribution in [3.05, 3.63) is 53.6 Å². The van der Waals surface area contributed by atoms with Gasteiger partial charge in [0.2, 0.25) is 5.82 Å². The normalized spacial score (nSPS) is 10.7. The quantitative estimate of drug-likeness (QED) is 0.719. The molecular weight excluding hydrogens is 250 g/mol. The summed E-state index contributed by atoms with van der Waals surface area (Å²) in [7, 11) is 0. The predicted octanol–water partition coefficient (Wildman–Crippen LogP) is 3.60. The van der Waals surface area contributed by atoms with Crippen LogP contribution in [0.25, 0.3) is 22.8 Å². The van der Waals surface area contributed by atoms with E-state index in [1.807, 2.05) is 56.3 Å². The van der Waals surface area contributed by atoms with E-state index >= 15 is 0 Å². The second kappa shape index (κ2) is 4.81. The van der Waals surface area contributed by atoms with Crippen molar-refractivity contribution in [3.8, 4) is 22.8 Å². The Morgan fingerprint density at radius 3 is 2.40 bits per heavy atom. The minimum atomic E-state index is 0.540. The molecule has 0 radical (unpaired) electrons. The third-order valence-electron chi connectivity index (χ3n) is 3.27. The molecule has 2 N–H and O–H groups in total. The number of rotatable bonds is 2. The van der Waals surface area contributed by atoms with Crippen LogP contribution in [0.4, 0.5) is 5.69 Å². The van der Waals surface area contributed by atoms with E-state index in [0.29, 0.717) is 17.4 Å². The molecule has 3 rings (SSSR count). The molecule has 3 aromatic rings. The second-order valence-corrected chi connectivity index (χ2v) is 4.82. The molecule has 0 unspecified atom stereocenters. The van der Waals surface area contributed by atoms with Gasteiger partial charge in [0.25, 0.3) is 5.89 Å². The summed E-state index contributed by atoms with van der Waals surface area (Å²) in [5.41, 5.74) is 10.5. The molecule has 0 aliphatic rings. The number of nitrogens with zero attached hydrogens (tertiary/aromatic N) is 2. The van der Waals surface area contributed by atoms with Crippen LogP contribution in [0.5, 0.6) is 0 Å². The molecule has 0 atom stereocenters. The van der Waals surface area contributed by atoms with Gasteiger partial charge in [-0.2, -0.15) is 4.98 Å². The van der Waals surface area contributed by atoms with Crippen molar-refractivity contribution in [2.75, 3.05) is 5.73 Å².